The van der Waals surface area contributed by atoms with Gasteiger partial charge in [0, 0.05) is 19.0 Å². The Bertz CT molecular complexity index is 455. The van der Waals surface area contributed by atoms with Crippen LogP contribution >= 0.6 is 0 Å². The number of aryl methyl sites for hydroxylation is 1. The second-order valence-corrected chi connectivity index (χ2v) is 6.12. The summed E-state index contributed by atoms with van der Waals surface area (Å²) in [5.41, 5.74) is 2.74. The van der Waals surface area contributed by atoms with Crippen LogP contribution in [-0.4, -0.2) is 29.1 Å². The monoisotopic (exact) mass is 289 g/mol. The third-order valence-corrected chi connectivity index (χ3v) is 4.61. The molecule has 0 saturated carbocycles. The van der Waals surface area contributed by atoms with E-state index in [9.17, 15) is 4.79 Å². The average molecular weight is 289 g/mol. The lowest BCUT2D eigenvalue weighted by Crippen LogP contribution is -2.38. The minimum absolute atomic E-state index is 0.306. The highest BCUT2D eigenvalue weighted by atomic mass is 16.4. The molecule has 0 spiro atoms. The maximum absolute atomic E-state index is 10.9. The second kappa shape index (κ2) is 7.60. The lowest BCUT2D eigenvalue weighted by Gasteiger charge is -2.38. The Hall–Kier alpha value is -1.35. The number of carboxylic acid groups (broad SMARTS) is 1. The minimum Gasteiger partial charge on any atom is -0.481 e. The average Bonchev–Trinajstić information content (AvgIpc) is 2.48. The highest BCUT2D eigenvalue weighted by Gasteiger charge is 2.27. The van der Waals surface area contributed by atoms with E-state index in [0.29, 0.717) is 18.4 Å². The van der Waals surface area contributed by atoms with Crippen molar-refractivity contribution in [2.45, 2.75) is 52.0 Å². The van der Waals surface area contributed by atoms with Crippen LogP contribution in [0.15, 0.2) is 24.3 Å². The van der Waals surface area contributed by atoms with Gasteiger partial charge in [-0.15, -0.1) is 0 Å². The van der Waals surface area contributed by atoms with Crippen molar-refractivity contribution in [1.82, 2.24) is 4.90 Å². The molecule has 0 bridgehead atoms. The van der Waals surface area contributed by atoms with Gasteiger partial charge in [-0.05, 0) is 49.3 Å². The Morgan fingerprint density at radius 1 is 1.33 bits per heavy atom. The molecule has 0 aromatic heterocycles. The molecule has 1 saturated heterocycles. The van der Waals surface area contributed by atoms with E-state index >= 15 is 0 Å². The Morgan fingerprint density at radius 2 is 2.05 bits per heavy atom. The molecule has 21 heavy (non-hydrogen) atoms. The number of benzene rings is 1. The van der Waals surface area contributed by atoms with E-state index < -0.39 is 5.97 Å². The van der Waals surface area contributed by atoms with Gasteiger partial charge >= 0.3 is 5.97 Å². The third kappa shape index (κ3) is 4.31. The predicted octanol–water partition coefficient (Wildman–Crippen LogP) is 3.89. The Balaban J connectivity index is 2.06. The number of rotatable bonds is 6. The topological polar surface area (TPSA) is 40.5 Å². The van der Waals surface area contributed by atoms with Crippen molar-refractivity contribution >= 4 is 5.97 Å². The molecular formula is C18H27NO2. The van der Waals surface area contributed by atoms with Gasteiger partial charge in [-0.25, -0.2) is 0 Å². The quantitative estimate of drug-likeness (QED) is 0.863. The van der Waals surface area contributed by atoms with E-state index in [4.69, 9.17) is 5.11 Å². The van der Waals surface area contributed by atoms with Crippen LogP contribution in [-0.2, 0) is 11.2 Å². The highest BCUT2D eigenvalue weighted by Crippen LogP contribution is 2.30. The number of nitrogens with zero attached hydrogens (tertiary/aromatic N) is 1. The van der Waals surface area contributed by atoms with Gasteiger partial charge in [-0.3, -0.25) is 9.69 Å². The summed E-state index contributed by atoms with van der Waals surface area (Å²) in [4.78, 5) is 13.4. The zero-order valence-electron chi connectivity index (χ0n) is 13.2. The molecule has 1 fully saturated rings. The summed E-state index contributed by atoms with van der Waals surface area (Å²) in [5, 5.41) is 9.00. The van der Waals surface area contributed by atoms with E-state index in [1.165, 1.54) is 11.1 Å². The van der Waals surface area contributed by atoms with E-state index in [0.717, 1.165) is 38.8 Å². The lowest BCUT2D eigenvalue weighted by molar-refractivity contribution is -0.138. The molecule has 3 nitrogen and oxygen atoms in total. The first-order chi connectivity index (χ1) is 10.1. The van der Waals surface area contributed by atoms with Crippen LogP contribution in [0.5, 0.6) is 0 Å². The van der Waals surface area contributed by atoms with E-state index in [1.54, 1.807) is 0 Å². The van der Waals surface area contributed by atoms with Crippen molar-refractivity contribution in [3.63, 3.8) is 0 Å². The molecular weight excluding hydrogens is 262 g/mol. The standard InChI is InChI=1S/C18H27NO2/c1-3-14-7-9-16(10-8-14)17(4-2)19-11-5-6-15(13-19)12-18(20)21/h7-10,15,17H,3-6,11-13H2,1-2H3,(H,20,21). The molecule has 2 atom stereocenters. The number of aliphatic carboxylic acids is 1. The van der Waals surface area contributed by atoms with Crippen molar-refractivity contribution in [3.05, 3.63) is 35.4 Å². The van der Waals surface area contributed by atoms with Gasteiger partial charge in [0.2, 0.25) is 0 Å². The van der Waals surface area contributed by atoms with Crippen LogP contribution in [0.3, 0.4) is 0 Å². The Labute approximate surface area is 128 Å². The van der Waals surface area contributed by atoms with Gasteiger partial charge in [0.25, 0.3) is 0 Å². The van der Waals surface area contributed by atoms with Crippen molar-refractivity contribution in [1.29, 1.82) is 0 Å². The summed E-state index contributed by atoms with van der Waals surface area (Å²) in [6.07, 6.45) is 4.62. The van der Waals surface area contributed by atoms with Gasteiger partial charge < -0.3 is 5.11 Å². The molecule has 1 aliphatic heterocycles. The Morgan fingerprint density at radius 3 is 2.62 bits per heavy atom. The number of likely N-dealkylation sites (tertiary alicyclic amines) is 1. The Kier molecular flexibility index (Phi) is 5.80. The number of piperidine rings is 1. The number of carboxylic acids is 1. The van der Waals surface area contributed by atoms with Crippen LogP contribution < -0.4 is 0 Å². The summed E-state index contributed by atoms with van der Waals surface area (Å²) in [6, 6.07) is 9.35. The van der Waals surface area contributed by atoms with Gasteiger partial charge in [0.05, 0.1) is 0 Å². The number of carbonyl (C=O) groups is 1. The lowest BCUT2D eigenvalue weighted by atomic mass is 9.91. The molecule has 1 aromatic carbocycles. The van der Waals surface area contributed by atoms with Crippen LogP contribution in [0.4, 0.5) is 0 Å². The number of hydrogen-bond acceptors (Lipinski definition) is 2. The van der Waals surface area contributed by atoms with Crippen LogP contribution in [0, 0.1) is 5.92 Å². The highest BCUT2D eigenvalue weighted by molar-refractivity contribution is 5.67. The molecule has 116 valence electrons. The summed E-state index contributed by atoms with van der Waals surface area (Å²) in [7, 11) is 0. The molecule has 0 radical (unpaired) electrons. The smallest absolute Gasteiger partial charge is 0.303 e. The molecule has 0 amide bonds. The van der Waals surface area contributed by atoms with Crippen molar-refractivity contribution in [2.75, 3.05) is 13.1 Å². The summed E-state index contributed by atoms with van der Waals surface area (Å²) >= 11 is 0. The fraction of sp³-hybridized carbons (Fsp3) is 0.611. The maximum atomic E-state index is 10.9. The fourth-order valence-corrected chi connectivity index (χ4v) is 3.47. The predicted molar refractivity (Wildman–Crippen MR) is 85.4 cm³/mol. The van der Waals surface area contributed by atoms with Crippen molar-refractivity contribution in [3.8, 4) is 0 Å². The van der Waals surface area contributed by atoms with E-state index in [-0.39, 0.29) is 0 Å². The van der Waals surface area contributed by atoms with Crippen LogP contribution in [0.2, 0.25) is 0 Å². The van der Waals surface area contributed by atoms with Crippen molar-refractivity contribution < 1.29 is 9.90 Å². The van der Waals surface area contributed by atoms with Crippen molar-refractivity contribution in [2.24, 2.45) is 5.92 Å². The third-order valence-electron chi connectivity index (χ3n) is 4.61. The molecule has 3 heteroatoms. The SMILES string of the molecule is CCc1ccc(C(CC)N2CCCC(CC(=O)O)C2)cc1. The van der Waals surface area contributed by atoms with E-state index in [1.807, 2.05) is 0 Å². The van der Waals surface area contributed by atoms with Gasteiger partial charge in [0.15, 0.2) is 0 Å². The van der Waals surface area contributed by atoms with Gasteiger partial charge in [0.1, 0.15) is 0 Å². The van der Waals surface area contributed by atoms with Gasteiger partial charge in [-0.1, -0.05) is 38.1 Å². The molecule has 2 unspecified atom stereocenters. The molecule has 0 aliphatic carbocycles. The first-order valence-electron chi connectivity index (χ1n) is 8.18. The van der Waals surface area contributed by atoms with E-state index in [2.05, 4.69) is 43.0 Å². The zero-order valence-corrected chi connectivity index (χ0v) is 13.2. The largest absolute Gasteiger partial charge is 0.481 e. The van der Waals surface area contributed by atoms with Crippen LogP contribution in [0.1, 0.15) is 56.7 Å². The molecule has 1 aliphatic rings. The first-order valence-corrected chi connectivity index (χ1v) is 8.18. The second-order valence-electron chi connectivity index (χ2n) is 6.12. The summed E-state index contributed by atoms with van der Waals surface area (Å²) < 4.78 is 0. The summed E-state index contributed by atoms with van der Waals surface area (Å²) in [6.45, 7) is 6.40. The first kappa shape index (κ1) is 16.0. The molecule has 2 rings (SSSR count). The van der Waals surface area contributed by atoms with Crippen LogP contribution in [0.25, 0.3) is 0 Å². The molecule has 1 aromatic rings. The fourth-order valence-electron chi connectivity index (χ4n) is 3.47. The number of hydrogen-bond donors (Lipinski definition) is 1. The van der Waals surface area contributed by atoms with Gasteiger partial charge in [-0.2, -0.15) is 0 Å². The normalized spacial score (nSPS) is 21.1. The zero-order chi connectivity index (χ0) is 15.2. The maximum Gasteiger partial charge on any atom is 0.303 e. The minimum atomic E-state index is -0.665. The molecule has 1 heterocycles. The molecule has 1 N–H and O–H groups in total. The summed E-state index contributed by atoms with van der Waals surface area (Å²) in [5.74, 6) is -0.359.